The Labute approximate surface area is 177 Å². The maximum atomic E-state index is 12.7. The first-order chi connectivity index (χ1) is 14.2. The zero-order valence-electron chi connectivity index (χ0n) is 15.6. The summed E-state index contributed by atoms with van der Waals surface area (Å²) in [5.74, 6) is -0.776. The Hall–Kier alpha value is -3.43. The van der Waals surface area contributed by atoms with Crippen molar-refractivity contribution in [1.82, 2.24) is 0 Å². The molecule has 0 aromatic heterocycles. The fraction of sp³-hybridized carbons (Fsp3) is 0.0500. The molecule has 0 unspecified atom stereocenters. The van der Waals surface area contributed by atoms with Crippen molar-refractivity contribution in [1.29, 1.82) is 0 Å². The van der Waals surface area contributed by atoms with E-state index in [1.54, 1.807) is 18.2 Å². The van der Waals surface area contributed by atoms with Crippen LogP contribution in [0.4, 0.5) is 17.1 Å². The van der Waals surface area contributed by atoms with Crippen molar-refractivity contribution in [2.24, 2.45) is 0 Å². The average molecular weight is 446 g/mol. The number of rotatable bonds is 6. The highest BCUT2D eigenvalue weighted by molar-refractivity contribution is 7.92. The van der Waals surface area contributed by atoms with Crippen LogP contribution in [0.3, 0.4) is 0 Å². The molecule has 2 N–H and O–H groups in total. The predicted molar refractivity (Wildman–Crippen MR) is 114 cm³/mol. The number of sulfonamides is 1. The molecule has 0 heterocycles. The van der Waals surface area contributed by atoms with Crippen LogP contribution >= 0.6 is 11.6 Å². The van der Waals surface area contributed by atoms with E-state index in [2.05, 4.69) is 10.0 Å². The van der Waals surface area contributed by atoms with E-state index in [0.717, 1.165) is 11.6 Å². The molecule has 0 aliphatic carbocycles. The molecule has 8 nitrogen and oxygen atoms in total. The van der Waals surface area contributed by atoms with Crippen molar-refractivity contribution < 1.29 is 18.1 Å². The second-order valence-corrected chi connectivity index (χ2v) is 8.43. The molecule has 3 rings (SSSR count). The van der Waals surface area contributed by atoms with Crippen LogP contribution in [0, 0.1) is 17.0 Å². The van der Waals surface area contributed by atoms with Gasteiger partial charge in [-0.2, -0.15) is 0 Å². The largest absolute Gasteiger partial charge is 0.316 e. The third-order valence-electron chi connectivity index (χ3n) is 4.11. The van der Waals surface area contributed by atoms with E-state index in [-0.39, 0.29) is 26.9 Å². The van der Waals surface area contributed by atoms with Gasteiger partial charge in [-0.1, -0.05) is 35.9 Å². The summed E-state index contributed by atoms with van der Waals surface area (Å²) < 4.78 is 27.9. The van der Waals surface area contributed by atoms with Gasteiger partial charge in [-0.05, 0) is 48.9 Å². The Balaban J connectivity index is 1.91. The van der Waals surface area contributed by atoms with Crippen molar-refractivity contribution in [3.63, 3.8) is 0 Å². The van der Waals surface area contributed by atoms with E-state index < -0.39 is 20.9 Å². The first-order valence-electron chi connectivity index (χ1n) is 8.61. The first kappa shape index (κ1) is 21.3. The summed E-state index contributed by atoms with van der Waals surface area (Å²) in [6.07, 6.45) is 0. The lowest BCUT2D eigenvalue weighted by atomic mass is 10.2. The average Bonchev–Trinajstić information content (AvgIpc) is 2.68. The van der Waals surface area contributed by atoms with Crippen molar-refractivity contribution in [3.8, 4) is 0 Å². The zero-order chi connectivity index (χ0) is 21.9. The molecule has 0 spiro atoms. The van der Waals surface area contributed by atoms with Gasteiger partial charge in [0, 0.05) is 11.8 Å². The maximum absolute atomic E-state index is 12.7. The first-order valence-corrected chi connectivity index (χ1v) is 10.5. The van der Waals surface area contributed by atoms with Crippen molar-refractivity contribution in [2.45, 2.75) is 11.8 Å². The number of nitro groups is 1. The minimum atomic E-state index is -3.99. The van der Waals surface area contributed by atoms with Gasteiger partial charge in [-0.15, -0.1) is 0 Å². The molecule has 154 valence electrons. The molecule has 0 aliphatic heterocycles. The molecule has 30 heavy (non-hydrogen) atoms. The molecule has 3 aromatic carbocycles. The third-order valence-corrected chi connectivity index (χ3v) is 5.82. The molecule has 0 saturated heterocycles. The Morgan fingerprint density at radius 3 is 2.47 bits per heavy atom. The van der Waals surface area contributed by atoms with E-state index in [4.69, 9.17) is 11.6 Å². The normalized spacial score (nSPS) is 11.0. The van der Waals surface area contributed by atoms with Crippen LogP contribution in [-0.2, 0) is 10.0 Å². The standard InChI is InChI=1S/C20H16ClN3O5S/c1-13-5-4-6-14(11-13)23-30(28,29)15-9-10-17(21)16(12-15)20(25)22-18-7-2-3-8-19(18)24(26)27/h2-12,23H,1H3,(H,22,25). The minimum Gasteiger partial charge on any atom is -0.316 e. The number of nitrogens with one attached hydrogen (secondary N) is 2. The molecule has 3 aromatic rings. The van der Waals surface area contributed by atoms with E-state index in [9.17, 15) is 23.3 Å². The molecule has 1 amide bonds. The van der Waals surface area contributed by atoms with Crippen molar-refractivity contribution in [2.75, 3.05) is 10.0 Å². The van der Waals surface area contributed by atoms with Crippen molar-refractivity contribution >= 4 is 44.6 Å². The highest BCUT2D eigenvalue weighted by atomic mass is 35.5. The van der Waals surface area contributed by atoms with Crippen LogP contribution in [0.15, 0.2) is 71.6 Å². The second kappa shape index (κ2) is 8.52. The van der Waals surface area contributed by atoms with Crippen LogP contribution in [0.2, 0.25) is 5.02 Å². The predicted octanol–water partition coefficient (Wildman–Crippen LogP) is 4.61. The molecule has 0 saturated carbocycles. The highest BCUT2D eigenvalue weighted by Crippen LogP contribution is 2.27. The molecule has 0 atom stereocenters. The van der Waals surface area contributed by atoms with E-state index >= 15 is 0 Å². The number of aryl methyl sites for hydroxylation is 1. The summed E-state index contributed by atoms with van der Waals surface area (Å²) in [4.78, 5) is 23.0. The lowest BCUT2D eigenvalue weighted by Crippen LogP contribution is -2.17. The summed E-state index contributed by atoms with van der Waals surface area (Å²) in [5, 5.41) is 13.5. The Bertz CT molecular complexity index is 1240. The number of nitro benzene ring substituents is 1. The van der Waals surface area contributed by atoms with Crippen LogP contribution in [-0.4, -0.2) is 19.2 Å². The zero-order valence-corrected chi connectivity index (χ0v) is 17.2. The number of carbonyl (C=O) groups excluding carboxylic acids is 1. The quantitative estimate of drug-likeness (QED) is 0.424. The smallest absolute Gasteiger partial charge is 0.292 e. The van der Waals surface area contributed by atoms with Gasteiger partial charge in [0.05, 0.1) is 20.4 Å². The fourth-order valence-electron chi connectivity index (χ4n) is 2.70. The van der Waals surface area contributed by atoms with E-state index in [1.165, 1.54) is 36.4 Å². The molecule has 10 heteroatoms. The SMILES string of the molecule is Cc1cccc(NS(=O)(=O)c2ccc(Cl)c(C(=O)Nc3ccccc3[N+](=O)[O-])c2)c1. The number of hydrogen-bond acceptors (Lipinski definition) is 5. The number of halogens is 1. The molecule has 0 aliphatic rings. The molecule has 0 radical (unpaired) electrons. The summed E-state index contributed by atoms with van der Waals surface area (Å²) in [5.41, 5.74) is 0.773. The van der Waals surface area contributed by atoms with Gasteiger partial charge in [0.15, 0.2) is 0 Å². The van der Waals surface area contributed by atoms with Gasteiger partial charge in [0.25, 0.3) is 21.6 Å². The fourth-order valence-corrected chi connectivity index (χ4v) is 3.98. The Morgan fingerprint density at radius 1 is 1.03 bits per heavy atom. The summed E-state index contributed by atoms with van der Waals surface area (Å²) >= 11 is 6.08. The lowest BCUT2D eigenvalue weighted by molar-refractivity contribution is -0.383. The number of anilines is 2. The monoisotopic (exact) mass is 445 g/mol. The molecule has 0 fully saturated rings. The van der Waals surface area contributed by atoms with Crippen LogP contribution in [0.5, 0.6) is 0 Å². The van der Waals surface area contributed by atoms with Gasteiger partial charge in [0.2, 0.25) is 0 Å². The summed E-state index contributed by atoms with van der Waals surface area (Å²) in [7, 11) is -3.99. The third kappa shape index (κ3) is 4.76. The van der Waals surface area contributed by atoms with Gasteiger partial charge in [-0.3, -0.25) is 19.6 Å². The Kier molecular flexibility index (Phi) is 6.04. The number of hydrogen-bond donors (Lipinski definition) is 2. The van der Waals surface area contributed by atoms with Crippen LogP contribution < -0.4 is 10.0 Å². The number of carbonyl (C=O) groups is 1. The van der Waals surface area contributed by atoms with Gasteiger partial charge in [-0.25, -0.2) is 8.42 Å². The van der Waals surface area contributed by atoms with Crippen molar-refractivity contribution in [3.05, 3.63) is 93.0 Å². The van der Waals surface area contributed by atoms with Gasteiger partial charge in [0.1, 0.15) is 5.69 Å². The minimum absolute atomic E-state index is 0.000546. The summed E-state index contributed by atoms with van der Waals surface area (Å²) in [6, 6.07) is 16.0. The molecular formula is C20H16ClN3O5S. The highest BCUT2D eigenvalue weighted by Gasteiger charge is 2.21. The number of amides is 1. The molecular weight excluding hydrogens is 430 g/mol. The second-order valence-electron chi connectivity index (χ2n) is 6.35. The Morgan fingerprint density at radius 2 is 1.77 bits per heavy atom. The van der Waals surface area contributed by atoms with E-state index in [0.29, 0.717) is 5.69 Å². The van der Waals surface area contributed by atoms with Gasteiger partial charge >= 0.3 is 0 Å². The van der Waals surface area contributed by atoms with Crippen LogP contribution in [0.1, 0.15) is 15.9 Å². The summed E-state index contributed by atoms with van der Waals surface area (Å²) in [6.45, 7) is 1.82. The number of benzene rings is 3. The van der Waals surface area contributed by atoms with Gasteiger partial charge < -0.3 is 5.32 Å². The lowest BCUT2D eigenvalue weighted by Gasteiger charge is -2.11. The van der Waals surface area contributed by atoms with Crippen LogP contribution in [0.25, 0.3) is 0 Å². The topological polar surface area (TPSA) is 118 Å². The number of para-hydroxylation sites is 2. The number of nitrogens with zero attached hydrogens (tertiary/aromatic N) is 1. The maximum Gasteiger partial charge on any atom is 0.292 e. The molecule has 0 bridgehead atoms. The van der Waals surface area contributed by atoms with E-state index in [1.807, 2.05) is 13.0 Å².